The van der Waals surface area contributed by atoms with E-state index >= 15 is 0 Å². The molecule has 2 aromatic heterocycles. The molecule has 0 unspecified atom stereocenters. The van der Waals surface area contributed by atoms with Crippen molar-refractivity contribution in [3.05, 3.63) is 53.0 Å². The number of H-pyrrole nitrogens is 1. The summed E-state index contributed by atoms with van der Waals surface area (Å²) in [5.41, 5.74) is 2.64. The normalized spacial score (nSPS) is 17.7. The molecule has 3 aromatic rings. The average Bonchev–Trinajstić information content (AvgIpc) is 3.11. The molecule has 1 amide bonds. The second-order valence-corrected chi connectivity index (χ2v) is 9.67. The van der Waals surface area contributed by atoms with Crippen LogP contribution in [-0.4, -0.2) is 72.5 Å². The molecule has 1 atom stereocenters. The Labute approximate surface area is 181 Å². The number of hydrogen-bond donors (Lipinski definition) is 1. The summed E-state index contributed by atoms with van der Waals surface area (Å²) in [5, 5.41) is 7.50. The van der Waals surface area contributed by atoms with E-state index in [-0.39, 0.29) is 30.5 Å². The molecule has 1 aliphatic rings. The van der Waals surface area contributed by atoms with Crippen LogP contribution in [-0.2, 0) is 14.8 Å². The van der Waals surface area contributed by atoms with Gasteiger partial charge in [-0.1, -0.05) is 18.2 Å². The summed E-state index contributed by atoms with van der Waals surface area (Å²) < 4.78 is 33.8. The summed E-state index contributed by atoms with van der Waals surface area (Å²) in [4.78, 5) is 19.2. The zero-order chi connectivity index (χ0) is 22.3. The van der Waals surface area contributed by atoms with Crippen molar-refractivity contribution < 1.29 is 17.9 Å². The number of fused-ring (bicyclic) bond motifs is 1. The van der Waals surface area contributed by atoms with Gasteiger partial charge in [-0.3, -0.25) is 9.89 Å². The fourth-order valence-corrected chi connectivity index (χ4v) is 5.61. The molecule has 1 aliphatic heterocycles. The molecule has 9 nitrogen and oxygen atoms in total. The monoisotopic (exact) mass is 443 g/mol. The number of sulfonamides is 1. The Bertz CT molecular complexity index is 1230. The number of nitrogens with zero attached hydrogens (tertiary/aromatic N) is 4. The van der Waals surface area contributed by atoms with E-state index in [0.717, 1.165) is 5.39 Å². The number of pyridine rings is 1. The molecule has 31 heavy (non-hydrogen) atoms. The highest BCUT2D eigenvalue weighted by Crippen LogP contribution is 2.30. The van der Waals surface area contributed by atoms with E-state index in [1.165, 1.54) is 9.21 Å². The Hall–Kier alpha value is -2.82. The van der Waals surface area contributed by atoms with Gasteiger partial charge in [-0.25, -0.2) is 13.4 Å². The third-order valence-corrected chi connectivity index (χ3v) is 7.52. The predicted molar refractivity (Wildman–Crippen MR) is 115 cm³/mol. The second kappa shape index (κ2) is 8.03. The van der Waals surface area contributed by atoms with Gasteiger partial charge in [-0.15, -0.1) is 0 Å². The first-order chi connectivity index (χ1) is 14.7. The molecule has 10 heteroatoms. The number of para-hydroxylation sites is 1. The van der Waals surface area contributed by atoms with E-state index in [4.69, 9.17) is 4.74 Å². The maximum Gasteiger partial charge on any atom is 0.254 e. The van der Waals surface area contributed by atoms with Crippen molar-refractivity contribution in [3.63, 3.8) is 0 Å². The molecule has 0 aliphatic carbocycles. The quantitative estimate of drug-likeness (QED) is 0.661. The maximum absolute atomic E-state index is 13.3. The van der Waals surface area contributed by atoms with Gasteiger partial charge in [-0.2, -0.15) is 9.40 Å². The summed E-state index contributed by atoms with van der Waals surface area (Å²) in [6.07, 6.45) is -0.589. The predicted octanol–water partition coefficient (Wildman–Crippen LogP) is 2.04. The van der Waals surface area contributed by atoms with Gasteiger partial charge in [0.2, 0.25) is 10.0 Å². The Balaban J connectivity index is 1.73. The fraction of sp³-hybridized carbons (Fsp3) is 0.381. The third kappa shape index (κ3) is 3.82. The smallest absolute Gasteiger partial charge is 0.254 e. The molecule has 1 aromatic carbocycles. The van der Waals surface area contributed by atoms with Gasteiger partial charge in [0, 0.05) is 32.6 Å². The molecule has 4 rings (SSSR count). The van der Waals surface area contributed by atoms with Crippen LogP contribution in [0.3, 0.4) is 0 Å². The molecule has 3 heterocycles. The number of nitrogens with one attached hydrogen (secondary N) is 1. The molecule has 0 spiro atoms. The number of aryl methyl sites for hydroxylation is 2. The lowest BCUT2D eigenvalue weighted by Gasteiger charge is -2.32. The largest absolute Gasteiger partial charge is 0.369 e. The van der Waals surface area contributed by atoms with E-state index in [9.17, 15) is 13.2 Å². The first kappa shape index (κ1) is 21.4. The SMILES string of the molecule is Cc1n[nH]c(C)c1S(=O)(=O)N1CCO[C@@H](c2cc(C(=O)N(C)C)c3ccccc3n2)C1. The number of hydrogen-bond acceptors (Lipinski definition) is 6. The van der Waals surface area contributed by atoms with Crippen molar-refractivity contribution in [3.8, 4) is 0 Å². The highest BCUT2D eigenvalue weighted by molar-refractivity contribution is 7.89. The number of ether oxygens (including phenoxy) is 1. The van der Waals surface area contributed by atoms with Crippen LogP contribution >= 0.6 is 0 Å². The van der Waals surface area contributed by atoms with E-state index in [0.29, 0.717) is 28.2 Å². The first-order valence-corrected chi connectivity index (χ1v) is 11.4. The van der Waals surface area contributed by atoms with Crippen LogP contribution in [0, 0.1) is 13.8 Å². The van der Waals surface area contributed by atoms with Crippen molar-refractivity contribution in [2.45, 2.75) is 24.8 Å². The Morgan fingerprint density at radius 3 is 2.68 bits per heavy atom. The van der Waals surface area contributed by atoms with Gasteiger partial charge >= 0.3 is 0 Å². The zero-order valence-corrected chi connectivity index (χ0v) is 18.7. The van der Waals surface area contributed by atoms with Gasteiger partial charge < -0.3 is 9.64 Å². The van der Waals surface area contributed by atoms with Gasteiger partial charge in [0.25, 0.3) is 5.91 Å². The van der Waals surface area contributed by atoms with Crippen LogP contribution < -0.4 is 0 Å². The van der Waals surface area contributed by atoms with E-state index in [2.05, 4.69) is 15.2 Å². The number of benzene rings is 1. The van der Waals surface area contributed by atoms with Crippen LogP contribution in [0.1, 0.15) is 33.5 Å². The summed E-state index contributed by atoms with van der Waals surface area (Å²) in [6, 6.07) is 9.11. The minimum atomic E-state index is -3.75. The van der Waals surface area contributed by atoms with Crippen LogP contribution in [0.4, 0.5) is 0 Å². The maximum atomic E-state index is 13.3. The highest BCUT2D eigenvalue weighted by atomic mass is 32.2. The van der Waals surface area contributed by atoms with Crippen molar-refractivity contribution in [1.29, 1.82) is 0 Å². The zero-order valence-electron chi connectivity index (χ0n) is 17.9. The Morgan fingerprint density at radius 2 is 2.00 bits per heavy atom. The molecular formula is C21H25N5O4S. The van der Waals surface area contributed by atoms with E-state index in [1.807, 2.05) is 24.3 Å². The number of amides is 1. The first-order valence-electron chi connectivity index (χ1n) is 9.95. The van der Waals surface area contributed by atoms with Gasteiger partial charge in [0.15, 0.2) is 0 Å². The molecule has 1 saturated heterocycles. The number of carbonyl (C=O) groups excluding carboxylic acids is 1. The summed E-state index contributed by atoms with van der Waals surface area (Å²) in [7, 11) is -0.361. The van der Waals surface area contributed by atoms with Crippen molar-refractivity contribution >= 4 is 26.8 Å². The molecule has 0 bridgehead atoms. The number of aromatic nitrogens is 3. The lowest BCUT2D eigenvalue weighted by atomic mass is 10.0. The molecule has 0 saturated carbocycles. The lowest BCUT2D eigenvalue weighted by Crippen LogP contribution is -2.42. The van der Waals surface area contributed by atoms with Crippen LogP contribution in [0.5, 0.6) is 0 Å². The minimum absolute atomic E-state index is 0.104. The minimum Gasteiger partial charge on any atom is -0.369 e. The molecule has 1 fully saturated rings. The summed E-state index contributed by atoms with van der Waals surface area (Å²) in [5.74, 6) is -0.148. The van der Waals surface area contributed by atoms with Gasteiger partial charge in [-0.05, 0) is 26.0 Å². The molecule has 0 radical (unpaired) electrons. The van der Waals surface area contributed by atoms with E-state index < -0.39 is 16.1 Å². The van der Waals surface area contributed by atoms with Crippen LogP contribution in [0.2, 0.25) is 0 Å². The Kier molecular flexibility index (Phi) is 5.54. The van der Waals surface area contributed by atoms with Crippen LogP contribution in [0.15, 0.2) is 35.2 Å². The molecular weight excluding hydrogens is 418 g/mol. The number of carbonyl (C=O) groups is 1. The molecule has 1 N–H and O–H groups in total. The number of morpholine rings is 1. The summed E-state index contributed by atoms with van der Waals surface area (Å²) >= 11 is 0. The Morgan fingerprint density at radius 1 is 1.26 bits per heavy atom. The number of rotatable bonds is 4. The molecule has 164 valence electrons. The standard InChI is InChI=1S/C21H25N5O4S/c1-13-20(14(2)24-23-13)31(28,29)26-9-10-30-19(12-26)18-11-16(21(27)25(3)4)15-7-5-6-8-17(15)22-18/h5-8,11,19H,9-10,12H2,1-4H3,(H,23,24)/t19-/m1/s1. The van der Waals surface area contributed by atoms with E-state index in [1.54, 1.807) is 34.0 Å². The average molecular weight is 444 g/mol. The van der Waals surface area contributed by atoms with Crippen molar-refractivity contribution in [2.75, 3.05) is 33.8 Å². The topological polar surface area (TPSA) is 108 Å². The van der Waals surface area contributed by atoms with Gasteiger partial charge in [0.1, 0.15) is 11.0 Å². The second-order valence-electron chi connectivity index (χ2n) is 7.80. The summed E-state index contributed by atoms with van der Waals surface area (Å²) in [6.45, 7) is 3.92. The van der Waals surface area contributed by atoms with Crippen molar-refractivity contribution in [2.24, 2.45) is 0 Å². The lowest BCUT2D eigenvalue weighted by molar-refractivity contribution is -0.00482. The van der Waals surface area contributed by atoms with Crippen molar-refractivity contribution in [1.82, 2.24) is 24.4 Å². The highest BCUT2D eigenvalue weighted by Gasteiger charge is 2.35. The van der Waals surface area contributed by atoms with Crippen LogP contribution in [0.25, 0.3) is 10.9 Å². The fourth-order valence-electron chi connectivity index (χ4n) is 3.85. The third-order valence-electron chi connectivity index (χ3n) is 5.39. The van der Waals surface area contributed by atoms with Gasteiger partial charge in [0.05, 0.1) is 34.8 Å². The number of aromatic amines is 1.